The number of benzene rings is 1. The number of piperidine rings is 1. The van der Waals surface area contributed by atoms with Gasteiger partial charge in [-0.25, -0.2) is 0 Å². The van der Waals surface area contributed by atoms with Gasteiger partial charge < -0.3 is 10.6 Å². The highest BCUT2D eigenvalue weighted by Gasteiger charge is 2.35. The number of amides is 1. The third-order valence-electron chi connectivity index (χ3n) is 4.16. The van der Waals surface area contributed by atoms with Crippen LogP contribution in [0.25, 0.3) is 0 Å². The molecule has 0 spiro atoms. The number of anilines is 1. The summed E-state index contributed by atoms with van der Waals surface area (Å²) in [4.78, 5) is 11.4. The van der Waals surface area contributed by atoms with Gasteiger partial charge >= 0.3 is 0 Å². The minimum atomic E-state index is 0.141. The molecular formula is C13H14N2O. The molecular weight excluding hydrogens is 200 g/mol. The van der Waals surface area contributed by atoms with Gasteiger partial charge in [0.25, 0.3) is 0 Å². The molecule has 2 N–H and O–H groups in total. The van der Waals surface area contributed by atoms with E-state index in [1.165, 1.54) is 23.1 Å². The van der Waals surface area contributed by atoms with Crippen molar-refractivity contribution < 1.29 is 4.79 Å². The molecule has 3 aliphatic rings. The zero-order chi connectivity index (χ0) is 10.7. The lowest BCUT2D eigenvalue weighted by Crippen LogP contribution is -2.28. The second-order valence-corrected chi connectivity index (χ2v) is 5.15. The van der Waals surface area contributed by atoms with Gasteiger partial charge in [-0.15, -0.1) is 0 Å². The summed E-state index contributed by atoms with van der Waals surface area (Å²) in [5.41, 5.74) is 5.20. The van der Waals surface area contributed by atoms with Crippen LogP contribution >= 0.6 is 0 Å². The molecule has 0 radical (unpaired) electrons. The summed E-state index contributed by atoms with van der Waals surface area (Å²) in [5.74, 6) is 1.48. The van der Waals surface area contributed by atoms with Crippen LogP contribution in [0.4, 0.5) is 5.69 Å². The molecule has 2 unspecified atom stereocenters. The highest BCUT2D eigenvalue weighted by Crippen LogP contribution is 2.46. The Bertz CT molecular complexity index is 454. The Morgan fingerprint density at radius 1 is 1.12 bits per heavy atom. The SMILES string of the molecule is O=C1Cc2cc3c(cc2N1)C1CNCC3C1. The van der Waals surface area contributed by atoms with E-state index in [2.05, 4.69) is 22.8 Å². The van der Waals surface area contributed by atoms with Crippen LogP contribution in [0, 0.1) is 0 Å². The minimum absolute atomic E-state index is 0.141. The predicted octanol–water partition coefficient (Wildman–Crippen LogP) is 1.36. The Labute approximate surface area is 94.2 Å². The Balaban J connectivity index is 1.88. The first-order valence-corrected chi connectivity index (χ1v) is 5.98. The molecule has 1 saturated heterocycles. The minimum Gasteiger partial charge on any atom is -0.326 e. The van der Waals surface area contributed by atoms with Crippen molar-refractivity contribution in [3.05, 3.63) is 28.8 Å². The van der Waals surface area contributed by atoms with E-state index in [1.807, 2.05) is 0 Å². The van der Waals surface area contributed by atoms with Crippen molar-refractivity contribution in [2.75, 3.05) is 18.4 Å². The molecule has 0 saturated carbocycles. The third-order valence-corrected chi connectivity index (χ3v) is 4.16. The molecule has 2 atom stereocenters. The predicted molar refractivity (Wildman–Crippen MR) is 61.7 cm³/mol. The van der Waals surface area contributed by atoms with Crippen molar-refractivity contribution >= 4 is 11.6 Å². The molecule has 1 fully saturated rings. The van der Waals surface area contributed by atoms with Crippen LogP contribution in [0.5, 0.6) is 0 Å². The van der Waals surface area contributed by atoms with Crippen LogP contribution in [0.3, 0.4) is 0 Å². The summed E-state index contributed by atoms with van der Waals surface area (Å²) in [6.07, 6.45) is 1.85. The van der Waals surface area contributed by atoms with E-state index in [9.17, 15) is 4.79 Å². The van der Waals surface area contributed by atoms with Gasteiger partial charge in [0.1, 0.15) is 0 Å². The third kappa shape index (κ3) is 1.04. The lowest BCUT2D eigenvalue weighted by atomic mass is 9.97. The number of hydrogen-bond donors (Lipinski definition) is 2. The molecule has 1 amide bonds. The van der Waals surface area contributed by atoms with Gasteiger partial charge in [-0.1, -0.05) is 6.07 Å². The van der Waals surface area contributed by atoms with Gasteiger partial charge in [-0.05, 0) is 41.0 Å². The fourth-order valence-corrected chi connectivity index (χ4v) is 3.43. The Morgan fingerprint density at radius 2 is 1.88 bits per heavy atom. The molecule has 2 heterocycles. The number of carbonyl (C=O) groups excluding carboxylic acids is 1. The highest BCUT2D eigenvalue weighted by molar-refractivity contribution is 5.99. The number of nitrogens with one attached hydrogen (secondary N) is 2. The highest BCUT2D eigenvalue weighted by atomic mass is 16.1. The number of hydrogen-bond acceptors (Lipinski definition) is 2. The molecule has 82 valence electrons. The topological polar surface area (TPSA) is 41.1 Å². The van der Waals surface area contributed by atoms with Crippen LogP contribution in [0.1, 0.15) is 34.9 Å². The summed E-state index contributed by atoms with van der Waals surface area (Å²) < 4.78 is 0. The molecule has 0 aromatic heterocycles. The molecule has 16 heavy (non-hydrogen) atoms. The lowest BCUT2D eigenvalue weighted by Gasteiger charge is -2.19. The van der Waals surface area contributed by atoms with E-state index in [0.29, 0.717) is 18.3 Å². The zero-order valence-corrected chi connectivity index (χ0v) is 9.05. The van der Waals surface area contributed by atoms with E-state index in [4.69, 9.17) is 0 Å². The van der Waals surface area contributed by atoms with Crippen LogP contribution in [0.15, 0.2) is 12.1 Å². The quantitative estimate of drug-likeness (QED) is 0.684. The van der Waals surface area contributed by atoms with E-state index < -0.39 is 0 Å². The monoisotopic (exact) mass is 214 g/mol. The van der Waals surface area contributed by atoms with Gasteiger partial charge in [-0.3, -0.25) is 4.79 Å². The maximum atomic E-state index is 11.4. The molecule has 4 rings (SSSR count). The number of fused-ring (bicyclic) bond motifs is 6. The van der Waals surface area contributed by atoms with Crippen LogP contribution in [-0.2, 0) is 11.2 Å². The van der Waals surface area contributed by atoms with Crippen LogP contribution < -0.4 is 10.6 Å². The van der Waals surface area contributed by atoms with Gasteiger partial charge in [0, 0.05) is 18.8 Å². The standard InChI is InChI=1S/C13H14N2O/c16-13-3-7-2-10-8-1-9(6-14-5-8)11(10)4-12(7)15-13/h2,4,8-9,14H,1,3,5-6H2,(H,15,16). The summed E-state index contributed by atoms with van der Waals surface area (Å²) in [7, 11) is 0. The first kappa shape index (κ1) is 8.76. The normalized spacial score (nSPS) is 29.9. The molecule has 3 nitrogen and oxygen atoms in total. The second kappa shape index (κ2) is 2.86. The molecule has 3 heteroatoms. The molecule has 2 aliphatic heterocycles. The van der Waals surface area contributed by atoms with Gasteiger partial charge in [0.2, 0.25) is 5.91 Å². The van der Waals surface area contributed by atoms with Crippen molar-refractivity contribution in [2.45, 2.75) is 24.7 Å². The van der Waals surface area contributed by atoms with Crippen molar-refractivity contribution in [1.82, 2.24) is 5.32 Å². The molecule has 1 aromatic rings. The van der Waals surface area contributed by atoms with Crippen molar-refractivity contribution in [2.24, 2.45) is 0 Å². The van der Waals surface area contributed by atoms with Gasteiger partial charge in [0.05, 0.1) is 6.42 Å². The first-order chi connectivity index (χ1) is 7.81. The van der Waals surface area contributed by atoms with Crippen LogP contribution in [0.2, 0.25) is 0 Å². The summed E-state index contributed by atoms with van der Waals surface area (Å²) in [6, 6.07) is 4.48. The fraction of sp³-hybridized carbons (Fsp3) is 0.462. The van der Waals surface area contributed by atoms with E-state index in [1.54, 1.807) is 0 Å². The smallest absolute Gasteiger partial charge is 0.228 e. The van der Waals surface area contributed by atoms with Gasteiger partial charge in [0.15, 0.2) is 0 Å². The zero-order valence-electron chi connectivity index (χ0n) is 9.05. The largest absolute Gasteiger partial charge is 0.326 e. The van der Waals surface area contributed by atoms with E-state index >= 15 is 0 Å². The number of carbonyl (C=O) groups is 1. The first-order valence-electron chi connectivity index (χ1n) is 5.98. The van der Waals surface area contributed by atoms with E-state index in [0.717, 1.165) is 18.8 Å². The van der Waals surface area contributed by atoms with E-state index in [-0.39, 0.29) is 5.91 Å². The Morgan fingerprint density at radius 3 is 2.69 bits per heavy atom. The van der Waals surface area contributed by atoms with Crippen molar-refractivity contribution in [3.8, 4) is 0 Å². The fourth-order valence-electron chi connectivity index (χ4n) is 3.43. The molecule has 1 aliphatic carbocycles. The Hall–Kier alpha value is -1.35. The van der Waals surface area contributed by atoms with Crippen molar-refractivity contribution in [3.63, 3.8) is 0 Å². The lowest BCUT2D eigenvalue weighted by molar-refractivity contribution is -0.115. The molecule has 1 aromatic carbocycles. The average Bonchev–Trinajstić information content (AvgIpc) is 2.76. The van der Waals surface area contributed by atoms with Crippen molar-refractivity contribution in [1.29, 1.82) is 0 Å². The number of rotatable bonds is 0. The average molecular weight is 214 g/mol. The van der Waals surface area contributed by atoms with Gasteiger partial charge in [-0.2, -0.15) is 0 Å². The summed E-state index contributed by atoms with van der Waals surface area (Å²) in [6.45, 7) is 2.19. The summed E-state index contributed by atoms with van der Waals surface area (Å²) >= 11 is 0. The van der Waals surface area contributed by atoms with Crippen LogP contribution in [-0.4, -0.2) is 19.0 Å². The second-order valence-electron chi connectivity index (χ2n) is 5.15. The Kier molecular flexibility index (Phi) is 1.56. The molecule has 2 bridgehead atoms. The maximum Gasteiger partial charge on any atom is 0.228 e. The summed E-state index contributed by atoms with van der Waals surface area (Å²) in [5, 5.41) is 6.44. The maximum absolute atomic E-state index is 11.4.